The van der Waals surface area contributed by atoms with Gasteiger partial charge in [0.25, 0.3) is 0 Å². The first-order valence-electron chi connectivity index (χ1n) is 13.2. The van der Waals surface area contributed by atoms with Gasteiger partial charge in [0.1, 0.15) is 34.5 Å². The molecule has 0 radical (unpaired) electrons. The maximum Gasteiger partial charge on any atom is 0.164 e. The van der Waals surface area contributed by atoms with Crippen LogP contribution in [0.4, 0.5) is 8.78 Å². The molecule has 2 unspecified atom stereocenters. The lowest BCUT2D eigenvalue weighted by Gasteiger charge is -2.24. The van der Waals surface area contributed by atoms with Crippen LogP contribution >= 0.6 is 0 Å². The van der Waals surface area contributed by atoms with Crippen LogP contribution in [0.25, 0.3) is 22.6 Å². The van der Waals surface area contributed by atoms with Crippen LogP contribution in [0.2, 0.25) is 0 Å². The Bertz CT molecular complexity index is 1400. The number of aryl methyl sites for hydroxylation is 2. The molecule has 0 aliphatic carbocycles. The van der Waals surface area contributed by atoms with Crippen LogP contribution in [0.5, 0.6) is 5.75 Å². The summed E-state index contributed by atoms with van der Waals surface area (Å²) in [5.41, 5.74) is 2.75. The third kappa shape index (κ3) is 6.32. The lowest BCUT2D eigenvalue weighted by Crippen LogP contribution is -2.38. The number of imidazole rings is 1. The zero-order valence-corrected chi connectivity index (χ0v) is 22.9. The Kier molecular flexibility index (Phi) is 8.66. The molecule has 0 saturated heterocycles. The first kappa shape index (κ1) is 27.6. The Balaban J connectivity index is 1.58. The Morgan fingerprint density at radius 2 is 1.76 bits per heavy atom. The van der Waals surface area contributed by atoms with E-state index in [0.29, 0.717) is 51.4 Å². The lowest BCUT2D eigenvalue weighted by atomic mass is 10.1. The number of nitrogens with zero attached hydrogens (tertiary/aromatic N) is 5. The van der Waals surface area contributed by atoms with Gasteiger partial charge in [0.15, 0.2) is 5.65 Å². The normalized spacial score (nSPS) is 13.3. The Morgan fingerprint density at radius 1 is 1.00 bits per heavy atom. The summed E-state index contributed by atoms with van der Waals surface area (Å²) in [6.07, 6.45) is 5.56. The van der Waals surface area contributed by atoms with E-state index < -0.39 is 11.6 Å². The van der Waals surface area contributed by atoms with Gasteiger partial charge in [-0.3, -0.25) is 4.98 Å². The highest BCUT2D eigenvalue weighted by Gasteiger charge is 2.20. The highest BCUT2D eigenvalue weighted by Crippen LogP contribution is 2.28. The molecule has 7 nitrogen and oxygen atoms in total. The van der Waals surface area contributed by atoms with Gasteiger partial charge in [-0.15, -0.1) is 0 Å². The van der Waals surface area contributed by atoms with Crippen molar-refractivity contribution in [1.29, 1.82) is 0 Å². The number of benzene rings is 1. The zero-order valence-electron chi connectivity index (χ0n) is 22.9. The molecule has 0 aliphatic heterocycles. The zero-order chi connectivity index (χ0) is 27.4. The Hall–Kier alpha value is -3.46. The third-order valence-corrected chi connectivity index (χ3v) is 6.73. The minimum absolute atomic E-state index is 0.0792. The molecule has 2 atom stereocenters. The van der Waals surface area contributed by atoms with Crippen LogP contribution in [0.3, 0.4) is 0 Å². The Morgan fingerprint density at radius 3 is 2.45 bits per heavy atom. The molecule has 202 valence electrons. The van der Waals surface area contributed by atoms with Crippen LogP contribution in [0, 0.1) is 25.5 Å². The first-order valence-corrected chi connectivity index (χ1v) is 13.2. The molecule has 1 aromatic carbocycles. The van der Waals surface area contributed by atoms with E-state index in [1.54, 1.807) is 23.6 Å². The van der Waals surface area contributed by atoms with Gasteiger partial charge < -0.3 is 14.6 Å². The van der Waals surface area contributed by atoms with Crippen LogP contribution in [-0.4, -0.2) is 42.7 Å². The Labute approximate surface area is 222 Å². The van der Waals surface area contributed by atoms with Crippen LogP contribution in [0.1, 0.15) is 64.0 Å². The van der Waals surface area contributed by atoms with Crippen molar-refractivity contribution in [3.63, 3.8) is 0 Å². The van der Waals surface area contributed by atoms with Gasteiger partial charge in [-0.2, -0.15) is 0 Å². The molecule has 3 aromatic heterocycles. The van der Waals surface area contributed by atoms with Crippen molar-refractivity contribution in [3.8, 4) is 17.1 Å². The van der Waals surface area contributed by atoms with E-state index in [1.807, 2.05) is 13.8 Å². The average Bonchev–Trinajstić information content (AvgIpc) is 3.22. The lowest BCUT2D eigenvalue weighted by molar-refractivity contribution is 0.191. The summed E-state index contributed by atoms with van der Waals surface area (Å²) in [5, 5.41) is 3.62. The van der Waals surface area contributed by atoms with Gasteiger partial charge in [-0.1, -0.05) is 19.9 Å². The van der Waals surface area contributed by atoms with Crippen molar-refractivity contribution in [1.82, 2.24) is 29.8 Å². The predicted octanol–water partition coefficient (Wildman–Crippen LogP) is 6.16. The summed E-state index contributed by atoms with van der Waals surface area (Å²) in [6.45, 7) is 12.3. The van der Waals surface area contributed by atoms with Crippen molar-refractivity contribution in [3.05, 3.63) is 65.4 Å². The van der Waals surface area contributed by atoms with E-state index in [0.717, 1.165) is 25.5 Å². The second kappa shape index (κ2) is 11.9. The van der Waals surface area contributed by atoms with Gasteiger partial charge in [0.2, 0.25) is 0 Å². The summed E-state index contributed by atoms with van der Waals surface area (Å²) in [7, 11) is 0. The standard InChI is InChI=1S/C29H36F2N6O/c1-7-24(8-2)33-17(3)11-18(4)38-25-10-9-21(26(31)13-25)16-37-28(22-12-23(30)15-32-14-22)36-27-19(5)34-20(6)35-29(27)37/h9-10,12-15,17-18,24,33H,7-8,11,16H2,1-6H3. The maximum atomic E-state index is 15.3. The summed E-state index contributed by atoms with van der Waals surface area (Å²) >= 11 is 0. The summed E-state index contributed by atoms with van der Waals surface area (Å²) in [4.78, 5) is 17.6. The number of hydrogen-bond donors (Lipinski definition) is 1. The van der Waals surface area contributed by atoms with E-state index in [1.165, 1.54) is 18.3 Å². The number of ether oxygens (including phenoxy) is 1. The molecule has 9 heteroatoms. The van der Waals surface area contributed by atoms with E-state index in [2.05, 4.69) is 46.0 Å². The second-order valence-electron chi connectivity index (χ2n) is 9.94. The maximum absolute atomic E-state index is 15.3. The quantitative estimate of drug-likeness (QED) is 0.254. The van der Waals surface area contributed by atoms with E-state index in [9.17, 15) is 4.39 Å². The van der Waals surface area contributed by atoms with Crippen LogP contribution < -0.4 is 10.1 Å². The molecule has 4 rings (SSSR count). The minimum atomic E-state index is -0.480. The van der Waals surface area contributed by atoms with E-state index in [4.69, 9.17) is 4.74 Å². The van der Waals surface area contributed by atoms with Gasteiger partial charge >= 0.3 is 0 Å². The topological polar surface area (TPSA) is 77.8 Å². The second-order valence-corrected chi connectivity index (χ2v) is 9.94. The molecule has 0 aliphatic rings. The van der Waals surface area contributed by atoms with Crippen molar-refractivity contribution < 1.29 is 13.5 Å². The van der Waals surface area contributed by atoms with Crippen molar-refractivity contribution >= 4 is 11.2 Å². The largest absolute Gasteiger partial charge is 0.491 e. The summed E-state index contributed by atoms with van der Waals surface area (Å²) < 4.78 is 37.2. The molecule has 38 heavy (non-hydrogen) atoms. The van der Waals surface area contributed by atoms with E-state index >= 15 is 4.39 Å². The number of rotatable bonds is 11. The molecule has 3 heterocycles. The molecule has 1 N–H and O–H groups in total. The summed E-state index contributed by atoms with van der Waals surface area (Å²) in [6, 6.07) is 7.04. The number of hydrogen-bond acceptors (Lipinski definition) is 6. The SMILES string of the molecule is CCC(CC)NC(C)CC(C)Oc1ccc(Cn2c(-c3cncc(F)c3)nc3c(C)nc(C)nc32)c(F)c1. The molecule has 0 bridgehead atoms. The highest BCUT2D eigenvalue weighted by molar-refractivity contribution is 5.79. The first-order chi connectivity index (χ1) is 18.2. The van der Waals surface area contributed by atoms with Crippen molar-refractivity contribution in [2.24, 2.45) is 0 Å². The van der Waals surface area contributed by atoms with Gasteiger partial charge in [0.05, 0.1) is 24.5 Å². The monoisotopic (exact) mass is 522 g/mol. The van der Waals surface area contributed by atoms with Crippen LogP contribution in [0.15, 0.2) is 36.7 Å². The fraction of sp³-hybridized carbons (Fsp3) is 0.448. The number of halogens is 2. The molecular formula is C29H36F2N6O. The molecule has 0 saturated carbocycles. The van der Waals surface area contributed by atoms with Crippen LogP contribution in [-0.2, 0) is 6.54 Å². The molecule has 0 spiro atoms. The van der Waals surface area contributed by atoms with Crippen molar-refractivity contribution in [2.45, 2.75) is 85.5 Å². The van der Waals surface area contributed by atoms with Gasteiger partial charge in [-0.05, 0) is 59.1 Å². The molecule has 0 fully saturated rings. The number of nitrogens with one attached hydrogen (secondary N) is 1. The predicted molar refractivity (Wildman–Crippen MR) is 145 cm³/mol. The molecule has 4 aromatic rings. The number of pyridine rings is 1. The van der Waals surface area contributed by atoms with Gasteiger partial charge in [0, 0.05) is 35.5 Å². The molecule has 0 amide bonds. The van der Waals surface area contributed by atoms with Gasteiger partial charge in [-0.25, -0.2) is 23.7 Å². The molecular weight excluding hydrogens is 486 g/mol. The minimum Gasteiger partial charge on any atom is -0.491 e. The van der Waals surface area contributed by atoms with Crippen molar-refractivity contribution in [2.75, 3.05) is 0 Å². The smallest absolute Gasteiger partial charge is 0.164 e. The fourth-order valence-corrected chi connectivity index (χ4v) is 4.85. The highest BCUT2D eigenvalue weighted by atomic mass is 19.1. The number of aromatic nitrogens is 5. The van der Waals surface area contributed by atoms with E-state index in [-0.39, 0.29) is 18.7 Å². The number of fused-ring (bicyclic) bond motifs is 1. The fourth-order valence-electron chi connectivity index (χ4n) is 4.85. The average molecular weight is 523 g/mol. The summed E-state index contributed by atoms with van der Waals surface area (Å²) in [5.74, 6) is 0.623. The third-order valence-electron chi connectivity index (χ3n) is 6.73.